The van der Waals surface area contributed by atoms with Gasteiger partial charge >= 0.3 is 0 Å². The van der Waals surface area contributed by atoms with Crippen LogP contribution in [0.25, 0.3) is 0 Å². The lowest BCUT2D eigenvalue weighted by Gasteiger charge is -2.24. The molecule has 0 bridgehead atoms. The van der Waals surface area contributed by atoms with E-state index in [9.17, 15) is 0 Å². The minimum absolute atomic E-state index is 0.461. The molecule has 18 heavy (non-hydrogen) atoms. The summed E-state index contributed by atoms with van der Waals surface area (Å²) in [5.41, 5.74) is 2.81. The number of benzene rings is 2. The first kappa shape index (κ1) is 11.8. The summed E-state index contributed by atoms with van der Waals surface area (Å²) in [6, 6.07) is 22.2. The fraction of sp³-hybridized carbons (Fsp3) is 0.250. The summed E-state index contributed by atoms with van der Waals surface area (Å²) in [5.74, 6) is 2.72. The average Bonchev–Trinajstić information content (AvgIpc) is 2.95. The van der Waals surface area contributed by atoms with E-state index in [0.717, 1.165) is 5.88 Å². The Kier molecular flexibility index (Phi) is 3.67. The molecular formula is C16H17NS. The van der Waals surface area contributed by atoms with Crippen molar-refractivity contribution in [3.8, 4) is 0 Å². The maximum Gasteiger partial charge on any atom is 0.0421 e. The zero-order valence-electron chi connectivity index (χ0n) is 10.3. The van der Waals surface area contributed by atoms with Crippen LogP contribution in [-0.4, -0.2) is 17.7 Å². The van der Waals surface area contributed by atoms with E-state index in [2.05, 4.69) is 66.0 Å². The summed E-state index contributed by atoms with van der Waals surface area (Å²) in [4.78, 5) is 0. The predicted molar refractivity (Wildman–Crippen MR) is 79.0 cm³/mol. The molecule has 92 valence electrons. The van der Waals surface area contributed by atoms with E-state index >= 15 is 0 Å². The molecule has 1 heterocycles. The highest BCUT2D eigenvalue weighted by atomic mass is 32.2. The second-order valence-electron chi connectivity index (χ2n) is 4.62. The standard InChI is InChI=1S/C16H17NS/c1-3-7-13(8-4-1)16(15-11-18-12-17-15)14-9-5-2-6-10-14/h1-10,15-17H,11-12H2/t15-/m0/s1. The Morgan fingerprint density at radius 1 is 0.889 bits per heavy atom. The zero-order valence-corrected chi connectivity index (χ0v) is 11.1. The van der Waals surface area contributed by atoms with Gasteiger partial charge in [-0.25, -0.2) is 0 Å². The van der Waals surface area contributed by atoms with E-state index in [1.54, 1.807) is 0 Å². The van der Waals surface area contributed by atoms with Gasteiger partial charge in [0.05, 0.1) is 0 Å². The van der Waals surface area contributed by atoms with Crippen LogP contribution in [0.1, 0.15) is 17.0 Å². The van der Waals surface area contributed by atoms with E-state index in [1.165, 1.54) is 16.9 Å². The smallest absolute Gasteiger partial charge is 0.0421 e. The quantitative estimate of drug-likeness (QED) is 0.901. The Hall–Kier alpha value is -1.25. The highest BCUT2D eigenvalue weighted by Gasteiger charge is 2.27. The number of nitrogens with one attached hydrogen (secondary N) is 1. The van der Waals surface area contributed by atoms with Gasteiger partial charge in [0, 0.05) is 23.6 Å². The summed E-state index contributed by atoms with van der Waals surface area (Å²) in [5, 5.41) is 3.62. The number of hydrogen-bond donors (Lipinski definition) is 1. The Morgan fingerprint density at radius 2 is 1.44 bits per heavy atom. The molecular weight excluding hydrogens is 238 g/mol. The number of hydrogen-bond acceptors (Lipinski definition) is 2. The maximum absolute atomic E-state index is 3.62. The van der Waals surface area contributed by atoms with Gasteiger partial charge in [-0.3, -0.25) is 0 Å². The van der Waals surface area contributed by atoms with Gasteiger partial charge in [-0.2, -0.15) is 0 Å². The molecule has 2 aromatic rings. The van der Waals surface area contributed by atoms with Gasteiger partial charge in [0.25, 0.3) is 0 Å². The van der Waals surface area contributed by atoms with E-state index in [0.29, 0.717) is 12.0 Å². The van der Waals surface area contributed by atoms with Gasteiger partial charge in [-0.15, -0.1) is 11.8 Å². The Bertz CT molecular complexity index is 437. The van der Waals surface area contributed by atoms with Gasteiger partial charge < -0.3 is 5.32 Å². The van der Waals surface area contributed by atoms with Crippen LogP contribution in [0.15, 0.2) is 60.7 Å². The molecule has 1 fully saturated rings. The second kappa shape index (κ2) is 5.59. The minimum atomic E-state index is 0.461. The van der Waals surface area contributed by atoms with Crippen molar-refractivity contribution in [1.82, 2.24) is 5.32 Å². The van der Waals surface area contributed by atoms with E-state index in [1.807, 2.05) is 11.8 Å². The molecule has 0 aliphatic carbocycles. The lowest BCUT2D eigenvalue weighted by Crippen LogP contribution is -2.31. The van der Waals surface area contributed by atoms with Gasteiger partial charge in [0.1, 0.15) is 0 Å². The molecule has 2 heteroatoms. The van der Waals surface area contributed by atoms with Crippen molar-refractivity contribution in [2.45, 2.75) is 12.0 Å². The number of thioether (sulfide) groups is 1. The molecule has 0 radical (unpaired) electrons. The normalized spacial score (nSPS) is 19.3. The Labute approximate surface area is 113 Å². The molecule has 0 spiro atoms. The molecule has 1 aliphatic heterocycles. The van der Waals surface area contributed by atoms with E-state index in [4.69, 9.17) is 0 Å². The highest BCUT2D eigenvalue weighted by Crippen LogP contribution is 2.31. The van der Waals surface area contributed by atoms with Crippen molar-refractivity contribution in [3.63, 3.8) is 0 Å². The molecule has 0 unspecified atom stereocenters. The third-order valence-electron chi connectivity index (χ3n) is 3.46. The lowest BCUT2D eigenvalue weighted by atomic mass is 9.86. The molecule has 0 saturated carbocycles. The third-order valence-corrected chi connectivity index (χ3v) is 4.43. The van der Waals surface area contributed by atoms with Crippen LogP contribution in [0.5, 0.6) is 0 Å². The monoisotopic (exact) mass is 255 g/mol. The molecule has 1 aliphatic rings. The van der Waals surface area contributed by atoms with Crippen LogP contribution < -0.4 is 5.32 Å². The van der Waals surface area contributed by atoms with Crippen LogP contribution in [0.4, 0.5) is 0 Å². The first-order valence-corrected chi connectivity index (χ1v) is 7.51. The molecule has 1 atom stereocenters. The fourth-order valence-electron chi connectivity index (χ4n) is 2.60. The highest BCUT2D eigenvalue weighted by molar-refractivity contribution is 7.99. The second-order valence-corrected chi connectivity index (χ2v) is 5.66. The van der Waals surface area contributed by atoms with Gasteiger partial charge in [0.2, 0.25) is 0 Å². The van der Waals surface area contributed by atoms with E-state index in [-0.39, 0.29) is 0 Å². The zero-order chi connectivity index (χ0) is 12.2. The first-order chi connectivity index (χ1) is 8.95. The summed E-state index contributed by atoms with van der Waals surface area (Å²) < 4.78 is 0. The fourth-order valence-corrected chi connectivity index (χ4v) is 3.62. The van der Waals surface area contributed by atoms with Crippen molar-refractivity contribution in [2.24, 2.45) is 0 Å². The van der Waals surface area contributed by atoms with Crippen molar-refractivity contribution in [3.05, 3.63) is 71.8 Å². The molecule has 1 N–H and O–H groups in total. The van der Waals surface area contributed by atoms with Gasteiger partial charge in [-0.1, -0.05) is 60.7 Å². The largest absolute Gasteiger partial charge is 0.303 e. The SMILES string of the molecule is c1ccc(C(c2ccccc2)[C@@H]2CSCN2)cc1. The van der Waals surface area contributed by atoms with Gasteiger partial charge in [0.15, 0.2) is 0 Å². The van der Waals surface area contributed by atoms with Crippen molar-refractivity contribution >= 4 is 11.8 Å². The van der Waals surface area contributed by atoms with Crippen LogP contribution >= 0.6 is 11.8 Å². The average molecular weight is 255 g/mol. The number of rotatable bonds is 3. The molecule has 1 saturated heterocycles. The summed E-state index contributed by atoms with van der Waals surface area (Å²) >= 11 is 1.99. The minimum Gasteiger partial charge on any atom is -0.303 e. The first-order valence-electron chi connectivity index (χ1n) is 6.36. The Morgan fingerprint density at radius 3 is 1.89 bits per heavy atom. The molecule has 0 amide bonds. The maximum atomic E-state index is 3.62. The van der Waals surface area contributed by atoms with Crippen LogP contribution in [0, 0.1) is 0 Å². The van der Waals surface area contributed by atoms with Gasteiger partial charge in [-0.05, 0) is 11.1 Å². The molecule has 1 nitrogen and oxygen atoms in total. The molecule has 0 aromatic heterocycles. The van der Waals surface area contributed by atoms with Crippen molar-refractivity contribution in [1.29, 1.82) is 0 Å². The van der Waals surface area contributed by atoms with Crippen molar-refractivity contribution in [2.75, 3.05) is 11.6 Å². The summed E-state index contributed by atoms with van der Waals surface area (Å²) in [6.45, 7) is 0. The van der Waals surface area contributed by atoms with Crippen molar-refractivity contribution < 1.29 is 0 Å². The van der Waals surface area contributed by atoms with Crippen LogP contribution in [0.2, 0.25) is 0 Å². The summed E-state index contributed by atoms with van der Waals surface area (Å²) in [7, 11) is 0. The molecule has 2 aromatic carbocycles. The summed E-state index contributed by atoms with van der Waals surface area (Å²) in [6.07, 6.45) is 0. The topological polar surface area (TPSA) is 12.0 Å². The lowest BCUT2D eigenvalue weighted by molar-refractivity contribution is 0.565. The predicted octanol–water partition coefficient (Wildman–Crippen LogP) is 3.48. The Balaban J connectivity index is 1.98. The van der Waals surface area contributed by atoms with Crippen LogP contribution in [0.3, 0.4) is 0 Å². The van der Waals surface area contributed by atoms with Crippen LogP contribution in [-0.2, 0) is 0 Å². The third kappa shape index (κ3) is 2.45. The molecule has 3 rings (SSSR count). The van der Waals surface area contributed by atoms with E-state index < -0.39 is 0 Å².